The van der Waals surface area contributed by atoms with E-state index in [1.807, 2.05) is 6.07 Å². The molecule has 24 heavy (non-hydrogen) atoms. The third-order valence-corrected chi connectivity index (χ3v) is 3.32. The van der Waals surface area contributed by atoms with E-state index in [2.05, 4.69) is 15.6 Å². The summed E-state index contributed by atoms with van der Waals surface area (Å²) < 4.78 is 5.15. The highest BCUT2D eigenvalue weighted by Gasteiger charge is 2.21. The van der Waals surface area contributed by atoms with E-state index in [0.717, 1.165) is 0 Å². The molecule has 1 heterocycles. The number of para-hydroxylation sites is 2. The van der Waals surface area contributed by atoms with Crippen LogP contribution >= 0.6 is 0 Å². The van der Waals surface area contributed by atoms with Gasteiger partial charge in [0.1, 0.15) is 11.8 Å². The van der Waals surface area contributed by atoms with E-state index in [1.54, 1.807) is 42.6 Å². The van der Waals surface area contributed by atoms with E-state index in [1.165, 1.54) is 7.11 Å². The Labute approximate surface area is 139 Å². The molecule has 1 unspecified atom stereocenters. The summed E-state index contributed by atoms with van der Waals surface area (Å²) in [5.41, 5.74) is 1.20. The van der Waals surface area contributed by atoms with E-state index in [4.69, 9.17) is 4.74 Å². The molecule has 2 rings (SSSR count). The summed E-state index contributed by atoms with van der Waals surface area (Å²) in [6, 6.07) is 11.3. The second kappa shape index (κ2) is 8.64. The fourth-order valence-electron chi connectivity index (χ4n) is 2.11. The van der Waals surface area contributed by atoms with Crippen molar-refractivity contribution >= 4 is 17.6 Å². The number of amides is 1. The molecule has 126 valence electrons. The maximum Gasteiger partial charge on any atom is 0.321 e. The number of nitrogens with one attached hydrogen (secondary N) is 2. The summed E-state index contributed by atoms with van der Waals surface area (Å²) in [5.74, 6) is -0.999. The summed E-state index contributed by atoms with van der Waals surface area (Å²) >= 11 is 0. The first-order valence-electron chi connectivity index (χ1n) is 7.39. The van der Waals surface area contributed by atoms with Gasteiger partial charge in [0.2, 0.25) is 5.91 Å². The largest absolute Gasteiger partial charge is 0.495 e. The number of anilines is 1. The number of ether oxygens (including phenoxy) is 1. The lowest BCUT2D eigenvalue weighted by Gasteiger charge is -2.15. The predicted molar refractivity (Wildman–Crippen MR) is 88.7 cm³/mol. The number of methoxy groups -OCH3 is 1. The highest BCUT2D eigenvalue weighted by Crippen LogP contribution is 2.23. The smallest absolute Gasteiger partial charge is 0.321 e. The minimum Gasteiger partial charge on any atom is -0.495 e. The van der Waals surface area contributed by atoms with Crippen LogP contribution < -0.4 is 15.4 Å². The van der Waals surface area contributed by atoms with Crippen LogP contribution in [0.25, 0.3) is 0 Å². The Hall–Kier alpha value is -2.93. The maximum absolute atomic E-state index is 12.1. The van der Waals surface area contributed by atoms with Gasteiger partial charge in [0.25, 0.3) is 0 Å². The van der Waals surface area contributed by atoms with Crippen molar-refractivity contribution in [2.24, 2.45) is 0 Å². The zero-order valence-corrected chi connectivity index (χ0v) is 13.2. The summed E-state index contributed by atoms with van der Waals surface area (Å²) in [4.78, 5) is 27.6. The third-order valence-electron chi connectivity index (χ3n) is 3.32. The Morgan fingerprint density at radius 3 is 2.62 bits per heavy atom. The van der Waals surface area contributed by atoms with Crippen LogP contribution in [0.3, 0.4) is 0 Å². The number of rotatable bonds is 8. The molecule has 7 heteroatoms. The number of aromatic nitrogens is 1. The fourth-order valence-corrected chi connectivity index (χ4v) is 2.11. The molecule has 7 nitrogen and oxygen atoms in total. The lowest BCUT2D eigenvalue weighted by Crippen LogP contribution is -2.39. The van der Waals surface area contributed by atoms with Gasteiger partial charge in [-0.25, -0.2) is 0 Å². The molecule has 0 saturated carbocycles. The second-order valence-corrected chi connectivity index (χ2v) is 5.05. The summed E-state index contributed by atoms with van der Waals surface area (Å²) in [5, 5.41) is 14.8. The fraction of sp³-hybridized carbons (Fsp3) is 0.235. The second-order valence-electron chi connectivity index (χ2n) is 5.05. The normalized spacial score (nSPS) is 11.5. The van der Waals surface area contributed by atoms with Crippen LogP contribution in [0.4, 0.5) is 5.69 Å². The molecule has 1 aromatic carbocycles. The van der Waals surface area contributed by atoms with Crippen LogP contribution in [0.2, 0.25) is 0 Å². The third kappa shape index (κ3) is 5.06. The molecule has 1 atom stereocenters. The molecule has 0 saturated heterocycles. The summed E-state index contributed by atoms with van der Waals surface area (Å²) in [7, 11) is 1.50. The molecule has 0 bridgehead atoms. The minimum atomic E-state index is -1.10. The van der Waals surface area contributed by atoms with Gasteiger partial charge in [-0.3, -0.25) is 19.9 Å². The Kier molecular flexibility index (Phi) is 6.27. The van der Waals surface area contributed by atoms with Crippen molar-refractivity contribution in [1.82, 2.24) is 10.3 Å². The van der Waals surface area contributed by atoms with Crippen LogP contribution in [0.15, 0.2) is 48.7 Å². The summed E-state index contributed by atoms with van der Waals surface area (Å²) in [6.45, 7) is 0.264. The zero-order valence-electron chi connectivity index (χ0n) is 13.2. The van der Waals surface area contributed by atoms with Crippen LogP contribution in [0, 0.1) is 0 Å². The average molecular weight is 329 g/mol. The van der Waals surface area contributed by atoms with Crippen LogP contribution in [0.1, 0.15) is 12.1 Å². The van der Waals surface area contributed by atoms with Crippen LogP contribution in [-0.4, -0.2) is 35.1 Å². The Balaban J connectivity index is 1.94. The maximum atomic E-state index is 12.1. The van der Waals surface area contributed by atoms with Gasteiger partial charge in [0.05, 0.1) is 24.9 Å². The molecular weight excluding hydrogens is 310 g/mol. The molecule has 0 aliphatic carbocycles. The number of aliphatic carboxylic acids is 1. The molecule has 1 amide bonds. The van der Waals surface area contributed by atoms with Crippen molar-refractivity contribution in [3.05, 3.63) is 54.4 Å². The number of hydrogen-bond acceptors (Lipinski definition) is 5. The van der Waals surface area contributed by atoms with Gasteiger partial charge in [0, 0.05) is 12.7 Å². The first kappa shape index (κ1) is 17.4. The first-order chi connectivity index (χ1) is 11.6. The molecule has 3 N–H and O–H groups in total. The van der Waals surface area contributed by atoms with Crippen molar-refractivity contribution in [3.63, 3.8) is 0 Å². The molecule has 2 aromatic rings. The standard InChI is InChI=1S/C17H19N3O4/c1-24-15-8-3-2-7-13(15)20-16(21)10-14(17(22)23)19-11-12-6-4-5-9-18-12/h2-9,14,19H,10-11H2,1H3,(H,20,21)(H,22,23). The molecule has 0 aliphatic rings. The van der Waals surface area contributed by atoms with Gasteiger partial charge in [-0.1, -0.05) is 18.2 Å². The van der Waals surface area contributed by atoms with E-state index in [0.29, 0.717) is 17.1 Å². The number of carbonyl (C=O) groups is 2. The van der Waals surface area contributed by atoms with Gasteiger partial charge in [0.15, 0.2) is 0 Å². The van der Waals surface area contributed by atoms with Crippen molar-refractivity contribution in [3.8, 4) is 5.75 Å². The van der Waals surface area contributed by atoms with Gasteiger partial charge in [-0.2, -0.15) is 0 Å². The first-order valence-corrected chi connectivity index (χ1v) is 7.39. The van der Waals surface area contributed by atoms with Crippen molar-refractivity contribution in [2.75, 3.05) is 12.4 Å². The van der Waals surface area contributed by atoms with Gasteiger partial charge in [-0.05, 0) is 24.3 Å². The van der Waals surface area contributed by atoms with Crippen molar-refractivity contribution in [1.29, 1.82) is 0 Å². The predicted octanol–water partition coefficient (Wildman–Crippen LogP) is 1.66. The number of carboxylic acid groups (broad SMARTS) is 1. The number of pyridine rings is 1. The summed E-state index contributed by atoms with van der Waals surface area (Å²) in [6.07, 6.45) is 1.42. The number of nitrogens with zero attached hydrogens (tertiary/aromatic N) is 1. The van der Waals surface area contributed by atoms with Crippen LogP contribution in [-0.2, 0) is 16.1 Å². The number of carbonyl (C=O) groups excluding carboxylic acids is 1. The minimum absolute atomic E-state index is 0.208. The Bertz CT molecular complexity index is 691. The Morgan fingerprint density at radius 2 is 1.96 bits per heavy atom. The molecule has 0 radical (unpaired) electrons. The van der Waals surface area contributed by atoms with E-state index >= 15 is 0 Å². The quantitative estimate of drug-likeness (QED) is 0.681. The average Bonchev–Trinajstić information content (AvgIpc) is 2.59. The molecule has 1 aromatic heterocycles. The van der Waals surface area contributed by atoms with Gasteiger partial charge in [-0.15, -0.1) is 0 Å². The number of carboxylic acids is 1. The van der Waals surface area contributed by atoms with E-state index in [-0.39, 0.29) is 13.0 Å². The highest BCUT2D eigenvalue weighted by atomic mass is 16.5. The monoisotopic (exact) mass is 329 g/mol. The van der Waals surface area contributed by atoms with Crippen LogP contribution in [0.5, 0.6) is 5.75 Å². The zero-order chi connectivity index (χ0) is 17.4. The van der Waals surface area contributed by atoms with Gasteiger partial charge >= 0.3 is 5.97 Å². The SMILES string of the molecule is COc1ccccc1NC(=O)CC(NCc1ccccn1)C(=O)O. The molecular formula is C17H19N3O4. The van der Waals surface area contributed by atoms with E-state index < -0.39 is 17.9 Å². The molecule has 0 aliphatic heterocycles. The highest BCUT2D eigenvalue weighted by molar-refractivity contribution is 5.95. The number of benzene rings is 1. The Morgan fingerprint density at radius 1 is 1.21 bits per heavy atom. The lowest BCUT2D eigenvalue weighted by atomic mass is 10.2. The lowest BCUT2D eigenvalue weighted by molar-refractivity contribution is -0.141. The number of hydrogen-bond donors (Lipinski definition) is 3. The van der Waals surface area contributed by atoms with E-state index in [9.17, 15) is 14.7 Å². The molecule has 0 fully saturated rings. The van der Waals surface area contributed by atoms with Gasteiger partial charge < -0.3 is 15.2 Å². The molecule has 0 spiro atoms. The van der Waals surface area contributed by atoms with Crippen molar-refractivity contribution in [2.45, 2.75) is 19.0 Å². The topological polar surface area (TPSA) is 101 Å². The van der Waals surface area contributed by atoms with Crippen molar-refractivity contribution < 1.29 is 19.4 Å².